The van der Waals surface area contributed by atoms with Crippen molar-refractivity contribution in [1.29, 1.82) is 0 Å². The summed E-state index contributed by atoms with van der Waals surface area (Å²) in [6.07, 6.45) is 1.85. The molecule has 1 atom stereocenters. The van der Waals surface area contributed by atoms with Gasteiger partial charge in [0.05, 0.1) is 13.7 Å². The van der Waals surface area contributed by atoms with Gasteiger partial charge in [0.1, 0.15) is 12.7 Å². The molecule has 118 valence electrons. The summed E-state index contributed by atoms with van der Waals surface area (Å²) in [7, 11) is 1.62. The Bertz CT molecular complexity index is 434. The monoisotopic (exact) mass is 295 g/mol. The number of aliphatic hydroxyl groups is 1. The number of hydrogen-bond acceptors (Lipinski definition) is 5. The molecule has 2 N–H and O–H groups in total. The Hall–Kier alpha value is -1.30. The van der Waals surface area contributed by atoms with Crippen molar-refractivity contribution in [2.45, 2.75) is 38.5 Å². The van der Waals surface area contributed by atoms with E-state index in [9.17, 15) is 5.11 Å². The molecule has 0 saturated heterocycles. The molecule has 1 unspecified atom stereocenters. The average molecular weight is 295 g/mol. The molecule has 1 aliphatic carbocycles. The minimum absolute atomic E-state index is 0.191. The summed E-state index contributed by atoms with van der Waals surface area (Å²) in [5, 5.41) is 13.3. The molecule has 1 aromatic carbocycles. The first-order valence-electron chi connectivity index (χ1n) is 7.52. The van der Waals surface area contributed by atoms with Gasteiger partial charge in [-0.1, -0.05) is 12.1 Å². The molecule has 5 nitrogen and oxygen atoms in total. The van der Waals surface area contributed by atoms with E-state index in [0.29, 0.717) is 24.1 Å². The van der Waals surface area contributed by atoms with Crippen LogP contribution in [0.1, 0.15) is 25.3 Å². The van der Waals surface area contributed by atoms with Gasteiger partial charge >= 0.3 is 0 Å². The number of aliphatic hydroxyl groups excluding tert-OH is 1. The molecule has 1 aliphatic rings. The molecular weight excluding hydrogens is 270 g/mol. The highest BCUT2D eigenvalue weighted by atomic mass is 16.5. The van der Waals surface area contributed by atoms with E-state index in [0.717, 1.165) is 12.1 Å². The smallest absolute Gasteiger partial charge is 0.165 e. The Morgan fingerprint density at radius 1 is 1.33 bits per heavy atom. The van der Waals surface area contributed by atoms with Crippen molar-refractivity contribution in [3.8, 4) is 11.5 Å². The van der Waals surface area contributed by atoms with Crippen LogP contribution in [0, 0.1) is 0 Å². The third kappa shape index (κ3) is 5.19. The lowest BCUT2D eigenvalue weighted by molar-refractivity contribution is 0.0157. The van der Waals surface area contributed by atoms with Gasteiger partial charge in [-0.25, -0.2) is 0 Å². The number of benzene rings is 1. The van der Waals surface area contributed by atoms with E-state index in [1.165, 1.54) is 12.8 Å². The Kier molecular flexibility index (Phi) is 6.29. The summed E-state index contributed by atoms with van der Waals surface area (Å²) >= 11 is 0. The van der Waals surface area contributed by atoms with Crippen LogP contribution in [-0.4, -0.2) is 44.2 Å². The molecule has 0 radical (unpaired) electrons. The van der Waals surface area contributed by atoms with Crippen molar-refractivity contribution in [2.24, 2.45) is 0 Å². The second kappa shape index (κ2) is 8.22. The van der Waals surface area contributed by atoms with Gasteiger partial charge < -0.3 is 24.6 Å². The van der Waals surface area contributed by atoms with Crippen LogP contribution in [0.3, 0.4) is 0 Å². The van der Waals surface area contributed by atoms with E-state index in [-0.39, 0.29) is 13.2 Å². The fraction of sp³-hybridized carbons (Fsp3) is 0.625. The summed E-state index contributed by atoms with van der Waals surface area (Å²) in [6.45, 7) is 3.70. The van der Waals surface area contributed by atoms with E-state index in [4.69, 9.17) is 14.2 Å². The van der Waals surface area contributed by atoms with E-state index in [1.807, 2.05) is 25.1 Å². The summed E-state index contributed by atoms with van der Waals surface area (Å²) in [6, 6.07) is 6.46. The van der Waals surface area contributed by atoms with Gasteiger partial charge in [-0.05, 0) is 25.8 Å². The average Bonchev–Trinajstić information content (AvgIpc) is 3.33. The van der Waals surface area contributed by atoms with Crippen LogP contribution in [0.25, 0.3) is 0 Å². The number of ether oxygens (including phenoxy) is 3. The highest BCUT2D eigenvalue weighted by Crippen LogP contribution is 2.32. The molecule has 21 heavy (non-hydrogen) atoms. The zero-order valence-electron chi connectivity index (χ0n) is 12.8. The molecule has 1 aromatic rings. The number of para-hydroxylation sites is 1. The summed E-state index contributed by atoms with van der Waals surface area (Å²) in [5.41, 5.74) is 1.05. The molecular formula is C16H25NO4. The first-order chi connectivity index (χ1) is 10.2. The fourth-order valence-electron chi connectivity index (χ4n) is 2.05. The minimum atomic E-state index is -0.640. The van der Waals surface area contributed by atoms with Crippen LogP contribution in [0.15, 0.2) is 18.2 Å². The molecule has 0 aromatic heterocycles. The summed E-state index contributed by atoms with van der Waals surface area (Å²) in [4.78, 5) is 0. The third-order valence-electron chi connectivity index (χ3n) is 3.37. The van der Waals surface area contributed by atoms with E-state index >= 15 is 0 Å². The summed E-state index contributed by atoms with van der Waals surface area (Å²) < 4.78 is 16.3. The van der Waals surface area contributed by atoms with E-state index in [2.05, 4.69) is 5.32 Å². The second-order valence-corrected chi connectivity index (χ2v) is 5.23. The van der Waals surface area contributed by atoms with Crippen LogP contribution in [-0.2, 0) is 11.3 Å². The lowest BCUT2D eigenvalue weighted by atomic mass is 10.2. The van der Waals surface area contributed by atoms with Gasteiger partial charge in [0.15, 0.2) is 11.5 Å². The van der Waals surface area contributed by atoms with Gasteiger partial charge in [-0.15, -0.1) is 0 Å². The van der Waals surface area contributed by atoms with Crippen molar-refractivity contribution < 1.29 is 19.3 Å². The van der Waals surface area contributed by atoms with Crippen LogP contribution in [0.4, 0.5) is 0 Å². The standard InChI is InChI=1S/C16H25NO4/c1-3-20-10-14(18)11-21-16-12(9-17-13-7-8-13)5-4-6-15(16)19-2/h4-6,13-14,17-18H,3,7-11H2,1-2H3. The molecule has 0 bridgehead atoms. The largest absolute Gasteiger partial charge is 0.493 e. The number of hydrogen-bond donors (Lipinski definition) is 2. The van der Waals surface area contributed by atoms with Gasteiger partial charge in [-0.3, -0.25) is 0 Å². The van der Waals surface area contributed by atoms with Gasteiger partial charge in [0, 0.05) is 24.8 Å². The third-order valence-corrected chi connectivity index (χ3v) is 3.37. The number of nitrogens with one attached hydrogen (secondary N) is 1. The van der Waals surface area contributed by atoms with Gasteiger partial charge in [0.2, 0.25) is 0 Å². The maximum Gasteiger partial charge on any atom is 0.165 e. The maximum absolute atomic E-state index is 9.82. The molecule has 0 aliphatic heterocycles. The van der Waals surface area contributed by atoms with Gasteiger partial charge in [-0.2, -0.15) is 0 Å². The predicted octanol–water partition coefficient (Wildman–Crippen LogP) is 1.72. The fourth-order valence-corrected chi connectivity index (χ4v) is 2.05. The maximum atomic E-state index is 9.82. The van der Waals surface area contributed by atoms with Crippen molar-refractivity contribution >= 4 is 0 Å². The Labute approximate surface area is 126 Å². The highest BCUT2D eigenvalue weighted by molar-refractivity contribution is 5.46. The second-order valence-electron chi connectivity index (χ2n) is 5.23. The summed E-state index contributed by atoms with van der Waals surface area (Å²) in [5.74, 6) is 1.39. The first kappa shape index (κ1) is 16.1. The van der Waals surface area contributed by atoms with Crippen LogP contribution >= 0.6 is 0 Å². The molecule has 2 rings (SSSR count). The van der Waals surface area contributed by atoms with Crippen molar-refractivity contribution in [3.63, 3.8) is 0 Å². The Balaban J connectivity index is 1.96. The molecule has 0 heterocycles. The van der Waals surface area contributed by atoms with Crippen LogP contribution in [0.2, 0.25) is 0 Å². The van der Waals surface area contributed by atoms with Crippen molar-refractivity contribution in [3.05, 3.63) is 23.8 Å². The minimum Gasteiger partial charge on any atom is -0.493 e. The topological polar surface area (TPSA) is 60.0 Å². The molecule has 0 amide bonds. The quantitative estimate of drug-likeness (QED) is 0.688. The van der Waals surface area contributed by atoms with E-state index in [1.54, 1.807) is 7.11 Å². The normalized spacial score (nSPS) is 15.8. The van der Waals surface area contributed by atoms with Crippen LogP contribution in [0.5, 0.6) is 11.5 Å². The zero-order chi connectivity index (χ0) is 15.1. The molecule has 5 heteroatoms. The zero-order valence-corrected chi connectivity index (χ0v) is 12.8. The highest BCUT2D eigenvalue weighted by Gasteiger charge is 2.21. The molecule has 1 fully saturated rings. The van der Waals surface area contributed by atoms with Crippen molar-refractivity contribution in [2.75, 3.05) is 26.9 Å². The first-order valence-corrected chi connectivity index (χ1v) is 7.52. The van der Waals surface area contributed by atoms with Gasteiger partial charge in [0.25, 0.3) is 0 Å². The lowest BCUT2D eigenvalue weighted by Crippen LogP contribution is -2.24. The SMILES string of the molecule is CCOCC(O)COc1c(CNC2CC2)cccc1OC. The van der Waals surface area contributed by atoms with Crippen molar-refractivity contribution in [1.82, 2.24) is 5.32 Å². The molecule has 1 saturated carbocycles. The number of rotatable bonds is 10. The molecule has 0 spiro atoms. The lowest BCUT2D eigenvalue weighted by Gasteiger charge is -2.17. The Morgan fingerprint density at radius 2 is 2.14 bits per heavy atom. The van der Waals surface area contributed by atoms with E-state index < -0.39 is 6.10 Å². The predicted molar refractivity (Wildman–Crippen MR) is 80.9 cm³/mol. The Morgan fingerprint density at radius 3 is 2.81 bits per heavy atom. The number of methoxy groups -OCH3 is 1. The van der Waals surface area contributed by atoms with Crippen LogP contribution < -0.4 is 14.8 Å².